The van der Waals surface area contributed by atoms with Crippen molar-refractivity contribution >= 4 is 0 Å². The maximum atomic E-state index is 5.46. The van der Waals surface area contributed by atoms with Crippen LogP contribution in [0.5, 0.6) is 0 Å². The zero-order valence-corrected chi connectivity index (χ0v) is 13.3. The summed E-state index contributed by atoms with van der Waals surface area (Å²) in [6.07, 6.45) is 0. The third kappa shape index (κ3) is 3.74. The van der Waals surface area contributed by atoms with Gasteiger partial charge in [-0.25, -0.2) is 9.97 Å². The van der Waals surface area contributed by atoms with Crippen molar-refractivity contribution in [1.82, 2.24) is 15.3 Å². The van der Waals surface area contributed by atoms with Crippen molar-refractivity contribution in [2.45, 2.75) is 53.1 Å². The Morgan fingerprint density at radius 3 is 2.16 bits per heavy atom. The van der Waals surface area contributed by atoms with Crippen molar-refractivity contribution in [2.75, 3.05) is 20.2 Å². The summed E-state index contributed by atoms with van der Waals surface area (Å²) < 4.78 is 5.46. The summed E-state index contributed by atoms with van der Waals surface area (Å²) in [5, 5.41) is 3.38. The van der Waals surface area contributed by atoms with E-state index in [2.05, 4.69) is 43.0 Å². The fourth-order valence-electron chi connectivity index (χ4n) is 2.26. The molecule has 1 rings (SSSR count). The van der Waals surface area contributed by atoms with E-state index >= 15 is 0 Å². The molecule has 0 aromatic carbocycles. The number of methoxy groups -OCH3 is 1. The lowest BCUT2D eigenvalue weighted by atomic mass is 9.97. The maximum absolute atomic E-state index is 5.46. The number of hydrogen-bond donors (Lipinski definition) is 1. The lowest BCUT2D eigenvalue weighted by Crippen LogP contribution is -2.26. The van der Waals surface area contributed by atoms with Gasteiger partial charge in [0.25, 0.3) is 0 Å². The van der Waals surface area contributed by atoms with Gasteiger partial charge in [0.1, 0.15) is 5.60 Å². The van der Waals surface area contributed by atoms with E-state index in [1.165, 1.54) is 5.56 Å². The Kier molecular flexibility index (Phi) is 5.44. The number of aryl methyl sites for hydroxylation is 2. The second-order valence-corrected chi connectivity index (χ2v) is 5.55. The molecule has 4 nitrogen and oxygen atoms in total. The van der Waals surface area contributed by atoms with E-state index in [0.717, 1.165) is 30.3 Å². The predicted molar refractivity (Wildman–Crippen MR) is 78.5 cm³/mol. The molecule has 1 unspecified atom stereocenters. The molecule has 0 bridgehead atoms. The number of hydrogen-bond acceptors (Lipinski definition) is 4. The second kappa shape index (κ2) is 6.44. The van der Waals surface area contributed by atoms with Crippen molar-refractivity contribution in [2.24, 2.45) is 0 Å². The van der Waals surface area contributed by atoms with Crippen LogP contribution in [0.1, 0.15) is 56.4 Å². The van der Waals surface area contributed by atoms with Crippen LogP contribution in [0.2, 0.25) is 0 Å². The summed E-state index contributed by atoms with van der Waals surface area (Å²) in [6, 6.07) is 0. The lowest BCUT2D eigenvalue weighted by Gasteiger charge is -2.24. The molecule has 1 heterocycles. The Bertz CT molecular complexity index is 406. The van der Waals surface area contributed by atoms with Crippen molar-refractivity contribution in [1.29, 1.82) is 0 Å². The Hall–Kier alpha value is -1.00. The number of nitrogens with zero attached hydrogens (tertiary/aromatic N) is 2. The van der Waals surface area contributed by atoms with E-state index in [0.29, 0.717) is 5.92 Å². The van der Waals surface area contributed by atoms with E-state index in [9.17, 15) is 0 Å². The van der Waals surface area contributed by atoms with Gasteiger partial charge in [0.05, 0.1) is 0 Å². The largest absolute Gasteiger partial charge is 0.371 e. The number of nitrogens with one attached hydrogen (secondary N) is 1. The molecule has 0 spiro atoms. The summed E-state index contributed by atoms with van der Waals surface area (Å²) in [4.78, 5) is 9.28. The van der Waals surface area contributed by atoms with E-state index in [1.54, 1.807) is 7.11 Å². The Morgan fingerprint density at radius 1 is 1.21 bits per heavy atom. The maximum Gasteiger partial charge on any atom is 0.160 e. The van der Waals surface area contributed by atoms with Gasteiger partial charge in [0.15, 0.2) is 5.82 Å². The molecule has 0 aliphatic rings. The molecule has 108 valence electrons. The molecule has 0 saturated heterocycles. The van der Waals surface area contributed by atoms with E-state index in [1.807, 2.05) is 13.8 Å². The van der Waals surface area contributed by atoms with Gasteiger partial charge in [-0.2, -0.15) is 0 Å². The zero-order valence-electron chi connectivity index (χ0n) is 13.3. The molecule has 19 heavy (non-hydrogen) atoms. The molecule has 0 aliphatic heterocycles. The average Bonchev–Trinajstić information content (AvgIpc) is 2.35. The van der Waals surface area contributed by atoms with Crippen molar-refractivity contribution in [3.8, 4) is 0 Å². The van der Waals surface area contributed by atoms with E-state index in [4.69, 9.17) is 4.74 Å². The molecule has 4 heteroatoms. The summed E-state index contributed by atoms with van der Waals surface area (Å²) in [5.74, 6) is 1.17. The highest BCUT2D eigenvalue weighted by atomic mass is 16.5. The number of likely N-dealkylation sites (N-methyl/N-ethyl adjacent to an activating group) is 1. The zero-order chi connectivity index (χ0) is 14.6. The highest BCUT2D eigenvalue weighted by molar-refractivity contribution is 5.29. The summed E-state index contributed by atoms with van der Waals surface area (Å²) >= 11 is 0. The fourth-order valence-corrected chi connectivity index (χ4v) is 2.26. The normalized spacial score (nSPS) is 13.6. The van der Waals surface area contributed by atoms with Crippen LogP contribution in [0.25, 0.3) is 0 Å². The molecule has 1 N–H and O–H groups in total. The number of aromatic nitrogens is 2. The van der Waals surface area contributed by atoms with Crippen LogP contribution in [0, 0.1) is 13.8 Å². The fraction of sp³-hybridized carbons (Fsp3) is 0.733. The van der Waals surface area contributed by atoms with Gasteiger partial charge in [-0.05, 0) is 45.7 Å². The molecule has 0 aliphatic carbocycles. The van der Waals surface area contributed by atoms with Gasteiger partial charge in [0, 0.05) is 25.0 Å². The second-order valence-electron chi connectivity index (χ2n) is 5.55. The van der Waals surface area contributed by atoms with Gasteiger partial charge in [-0.1, -0.05) is 13.8 Å². The van der Waals surface area contributed by atoms with Crippen molar-refractivity contribution in [3.05, 3.63) is 22.8 Å². The number of rotatable bonds is 6. The van der Waals surface area contributed by atoms with Gasteiger partial charge in [-0.3, -0.25) is 0 Å². The highest BCUT2D eigenvalue weighted by Crippen LogP contribution is 2.26. The monoisotopic (exact) mass is 265 g/mol. The van der Waals surface area contributed by atoms with E-state index < -0.39 is 5.60 Å². The van der Waals surface area contributed by atoms with Gasteiger partial charge in [-0.15, -0.1) is 0 Å². The quantitative estimate of drug-likeness (QED) is 0.859. The molecule has 0 radical (unpaired) electrons. The first kappa shape index (κ1) is 16.1. The van der Waals surface area contributed by atoms with Crippen LogP contribution in [0.3, 0.4) is 0 Å². The third-order valence-electron chi connectivity index (χ3n) is 3.57. The smallest absolute Gasteiger partial charge is 0.160 e. The minimum atomic E-state index is -0.445. The first-order valence-corrected chi connectivity index (χ1v) is 6.95. The average molecular weight is 265 g/mol. The third-order valence-corrected chi connectivity index (χ3v) is 3.57. The molecule has 0 fully saturated rings. The van der Waals surface area contributed by atoms with Crippen molar-refractivity contribution < 1.29 is 4.74 Å². The molecular weight excluding hydrogens is 238 g/mol. The Labute approximate surface area is 117 Å². The van der Waals surface area contributed by atoms with Crippen molar-refractivity contribution in [3.63, 3.8) is 0 Å². The molecule has 1 aromatic rings. The van der Waals surface area contributed by atoms with Gasteiger partial charge in [0.2, 0.25) is 0 Å². The van der Waals surface area contributed by atoms with Crippen LogP contribution in [0.4, 0.5) is 0 Å². The molecule has 0 saturated carbocycles. The first-order chi connectivity index (χ1) is 8.83. The summed E-state index contributed by atoms with van der Waals surface area (Å²) in [5.41, 5.74) is 2.91. The highest BCUT2D eigenvalue weighted by Gasteiger charge is 2.25. The molecular formula is C15H27N3O. The topological polar surface area (TPSA) is 47.0 Å². The SMILES string of the molecule is CCNCC(C)c1c(C)nc(C(C)(C)OC)nc1C. The van der Waals surface area contributed by atoms with Gasteiger partial charge >= 0.3 is 0 Å². The van der Waals surface area contributed by atoms with Crippen LogP contribution in [0.15, 0.2) is 0 Å². The lowest BCUT2D eigenvalue weighted by molar-refractivity contribution is 0.0111. The molecule has 1 atom stereocenters. The summed E-state index contributed by atoms with van der Waals surface area (Å²) in [7, 11) is 1.69. The minimum absolute atomic E-state index is 0.416. The molecule has 1 aromatic heterocycles. The minimum Gasteiger partial charge on any atom is -0.371 e. The van der Waals surface area contributed by atoms with Crippen LogP contribution in [-0.2, 0) is 10.3 Å². The van der Waals surface area contributed by atoms with Crippen LogP contribution >= 0.6 is 0 Å². The number of ether oxygens (including phenoxy) is 1. The standard InChI is InChI=1S/C15H27N3O/c1-8-16-9-10(2)13-11(3)17-14(18-12(13)4)15(5,6)19-7/h10,16H,8-9H2,1-7H3. The first-order valence-electron chi connectivity index (χ1n) is 6.95. The van der Waals surface area contributed by atoms with E-state index in [-0.39, 0.29) is 0 Å². The van der Waals surface area contributed by atoms with Gasteiger partial charge < -0.3 is 10.1 Å². The molecule has 0 amide bonds. The summed E-state index contributed by atoms with van der Waals surface area (Å²) in [6.45, 7) is 14.4. The van der Waals surface area contributed by atoms with Crippen LogP contribution in [-0.4, -0.2) is 30.2 Å². The Morgan fingerprint density at radius 2 is 1.74 bits per heavy atom. The van der Waals surface area contributed by atoms with Crippen LogP contribution < -0.4 is 5.32 Å². The predicted octanol–water partition coefficient (Wildman–Crippen LogP) is 2.69. The Balaban J connectivity index is 3.11.